The van der Waals surface area contributed by atoms with E-state index in [1.54, 1.807) is 24.5 Å². The Morgan fingerprint density at radius 2 is 2.00 bits per heavy atom. The summed E-state index contributed by atoms with van der Waals surface area (Å²) in [5.41, 5.74) is 1.69. The molecule has 2 aromatic heterocycles. The molecule has 0 bridgehead atoms. The minimum absolute atomic E-state index is 0.300. The Labute approximate surface area is 121 Å². The van der Waals surface area contributed by atoms with Crippen LogP contribution in [0.5, 0.6) is 0 Å². The Bertz CT molecular complexity index is 669. The van der Waals surface area contributed by atoms with Gasteiger partial charge in [-0.05, 0) is 23.8 Å². The zero-order valence-corrected chi connectivity index (χ0v) is 11.1. The number of aromatic nitrogens is 2. The summed E-state index contributed by atoms with van der Waals surface area (Å²) < 4.78 is 0. The molecule has 6 heteroatoms. The quantitative estimate of drug-likeness (QED) is 0.811. The normalized spacial score (nSPS) is 10.5. The summed E-state index contributed by atoms with van der Waals surface area (Å²) in [4.78, 5) is 30.5. The summed E-state index contributed by atoms with van der Waals surface area (Å²) in [7, 11) is 0. The molecule has 0 unspecified atom stereocenters. The number of carbonyl (C=O) groups is 2. The van der Waals surface area contributed by atoms with Gasteiger partial charge in [0.25, 0.3) is 5.91 Å². The van der Waals surface area contributed by atoms with Crippen molar-refractivity contribution in [1.29, 1.82) is 0 Å². The van der Waals surface area contributed by atoms with Gasteiger partial charge in [0.15, 0.2) is 0 Å². The SMILES string of the molecule is O=C(O)C=Cc1cnccc1C(=O)NCc1cccnc1. The fraction of sp³-hybridized carbons (Fsp3) is 0.0667. The van der Waals surface area contributed by atoms with Gasteiger partial charge in [0.1, 0.15) is 0 Å². The number of amides is 1. The zero-order valence-electron chi connectivity index (χ0n) is 11.1. The molecule has 0 atom stereocenters. The topological polar surface area (TPSA) is 92.2 Å². The largest absolute Gasteiger partial charge is 0.478 e. The summed E-state index contributed by atoms with van der Waals surface area (Å²) in [5.74, 6) is -1.38. The van der Waals surface area contributed by atoms with Crippen molar-refractivity contribution in [3.05, 3.63) is 65.8 Å². The number of carboxylic acids is 1. The lowest BCUT2D eigenvalue weighted by Crippen LogP contribution is -2.23. The molecule has 0 aliphatic carbocycles. The molecule has 2 N–H and O–H groups in total. The minimum atomic E-state index is -1.08. The predicted molar refractivity (Wildman–Crippen MR) is 76.3 cm³/mol. The van der Waals surface area contributed by atoms with Crippen molar-refractivity contribution in [2.75, 3.05) is 0 Å². The van der Waals surface area contributed by atoms with Crippen molar-refractivity contribution in [2.24, 2.45) is 0 Å². The molecule has 0 aromatic carbocycles. The van der Waals surface area contributed by atoms with Gasteiger partial charge in [-0.1, -0.05) is 6.07 Å². The van der Waals surface area contributed by atoms with E-state index in [0.29, 0.717) is 17.7 Å². The first-order chi connectivity index (χ1) is 10.2. The molecule has 0 aliphatic rings. The van der Waals surface area contributed by atoms with Gasteiger partial charge < -0.3 is 10.4 Å². The van der Waals surface area contributed by atoms with Gasteiger partial charge in [-0.2, -0.15) is 0 Å². The van der Waals surface area contributed by atoms with Gasteiger partial charge in [0.2, 0.25) is 0 Å². The maximum atomic E-state index is 12.1. The first-order valence-corrected chi connectivity index (χ1v) is 6.19. The third kappa shape index (κ3) is 4.24. The summed E-state index contributed by atoms with van der Waals surface area (Å²) in [5, 5.41) is 11.4. The summed E-state index contributed by atoms with van der Waals surface area (Å²) in [6.07, 6.45) is 8.56. The number of rotatable bonds is 5. The molecule has 0 radical (unpaired) electrons. The van der Waals surface area contributed by atoms with E-state index in [9.17, 15) is 9.59 Å². The molecule has 1 amide bonds. The fourth-order valence-corrected chi connectivity index (χ4v) is 1.69. The van der Waals surface area contributed by atoms with Crippen molar-refractivity contribution in [1.82, 2.24) is 15.3 Å². The van der Waals surface area contributed by atoms with Crippen LogP contribution in [0.4, 0.5) is 0 Å². The van der Waals surface area contributed by atoms with Crippen LogP contribution in [0.15, 0.2) is 49.1 Å². The van der Waals surface area contributed by atoms with E-state index in [2.05, 4.69) is 15.3 Å². The molecule has 0 saturated heterocycles. The highest BCUT2D eigenvalue weighted by atomic mass is 16.4. The lowest BCUT2D eigenvalue weighted by Gasteiger charge is -2.07. The Kier molecular flexibility index (Phi) is 4.76. The number of aliphatic carboxylic acids is 1. The molecular weight excluding hydrogens is 270 g/mol. The van der Waals surface area contributed by atoms with E-state index in [0.717, 1.165) is 11.6 Å². The second-order valence-electron chi connectivity index (χ2n) is 4.18. The molecule has 2 heterocycles. The van der Waals surface area contributed by atoms with Crippen LogP contribution in [-0.4, -0.2) is 27.0 Å². The number of hydrogen-bond donors (Lipinski definition) is 2. The van der Waals surface area contributed by atoms with E-state index in [1.807, 2.05) is 6.07 Å². The molecule has 0 spiro atoms. The maximum absolute atomic E-state index is 12.1. The molecular formula is C15H13N3O3. The molecule has 0 fully saturated rings. The highest BCUT2D eigenvalue weighted by Crippen LogP contribution is 2.09. The van der Waals surface area contributed by atoms with Crippen molar-refractivity contribution in [3.63, 3.8) is 0 Å². The third-order valence-electron chi connectivity index (χ3n) is 2.68. The second-order valence-corrected chi connectivity index (χ2v) is 4.18. The predicted octanol–water partition coefficient (Wildman–Crippen LogP) is 1.50. The van der Waals surface area contributed by atoms with Crippen molar-refractivity contribution >= 4 is 18.0 Å². The standard InChI is InChI=1S/C15H13N3O3/c19-14(20)4-3-12-10-17-7-5-13(12)15(21)18-9-11-2-1-6-16-8-11/h1-8,10H,9H2,(H,18,21)(H,19,20). The van der Waals surface area contributed by atoms with E-state index in [-0.39, 0.29) is 5.91 Å². The average Bonchev–Trinajstić information content (AvgIpc) is 2.52. The fourth-order valence-electron chi connectivity index (χ4n) is 1.69. The number of carbonyl (C=O) groups excluding carboxylic acids is 1. The number of hydrogen-bond acceptors (Lipinski definition) is 4. The van der Waals surface area contributed by atoms with Crippen molar-refractivity contribution in [2.45, 2.75) is 6.54 Å². The van der Waals surface area contributed by atoms with Crippen molar-refractivity contribution in [3.8, 4) is 0 Å². The smallest absolute Gasteiger partial charge is 0.328 e. The van der Waals surface area contributed by atoms with Gasteiger partial charge in [-0.25, -0.2) is 4.79 Å². The number of carboxylic acid groups (broad SMARTS) is 1. The Hall–Kier alpha value is -3.02. The van der Waals surface area contributed by atoms with Crippen LogP contribution >= 0.6 is 0 Å². The lowest BCUT2D eigenvalue weighted by molar-refractivity contribution is -0.131. The summed E-state index contributed by atoms with van der Waals surface area (Å²) >= 11 is 0. The Morgan fingerprint density at radius 1 is 1.19 bits per heavy atom. The molecule has 2 aromatic rings. The first kappa shape index (κ1) is 14.4. The molecule has 6 nitrogen and oxygen atoms in total. The number of nitrogens with one attached hydrogen (secondary N) is 1. The average molecular weight is 283 g/mol. The number of nitrogens with zero attached hydrogens (tertiary/aromatic N) is 2. The van der Waals surface area contributed by atoms with Crippen molar-refractivity contribution < 1.29 is 14.7 Å². The lowest BCUT2D eigenvalue weighted by atomic mass is 10.1. The molecule has 106 valence electrons. The molecule has 2 rings (SSSR count). The summed E-state index contributed by atoms with van der Waals surface area (Å²) in [6.45, 7) is 0.344. The van der Waals surface area contributed by atoms with E-state index >= 15 is 0 Å². The highest BCUT2D eigenvalue weighted by molar-refractivity contribution is 5.98. The molecule has 21 heavy (non-hydrogen) atoms. The van der Waals surface area contributed by atoms with Gasteiger partial charge in [0.05, 0.1) is 0 Å². The second kappa shape index (κ2) is 6.95. The van der Waals surface area contributed by atoms with E-state index in [1.165, 1.54) is 18.5 Å². The Morgan fingerprint density at radius 3 is 2.71 bits per heavy atom. The van der Waals surface area contributed by atoms with E-state index < -0.39 is 5.97 Å². The van der Waals surface area contributed by atoms with Gasteiger partial charge in [0, 0.05) is 48.5 Å². The van der Waals surface area contributed by atoms with Crippen LogP contribution in [-0.2, 0) is 11.3 Å². The summed E-state index contributed by atoms with van der Waals surface area (Å²) in [6, 6.07) is 5.18. The first-order valence-electron chi connectivity index (χ1n) is 6.19. The minimum Gasteiger partial charge on any atom is -0.478 e. The third-order valence-corrected chi connectivity index (χ3v) is 2.68. The van der Waals surface area contributed by atoms with Crippen LogP contribution in [0, 0.1) is 0 Å². The van der Waals surface area contributed by atoms with Crippen LogP contribution < -0.4 is 5.32 Å². The molecule has 0 aliphatic heterocycles. The van der Waals surface area contributed by atoms with Crippen LogP contribution in [0.3, 0.4) is 0 Å². The zero-order chi connectivity index (χ0) is 15.1. The maximum Gasteiger partial charge on any atom is 0.328 e. The number of pyridine rings is 2. The van der Waals surface area contributed by atoms with Crippen LogP contribution in [0.1, 0.15) is 21.5 Å². The van der Waals surface area contributed by atoms with E-state index in [4.69, 9.17) is 5.11 Å². The van der Waals surface area contributed by atoms with Crippen LogP contribution in [0.2, 0.25) is 0 Å². The monoisotopic (exact) mass is 283 g/mol. The van der Waals surface area contributed by atoms with Gasteiger partial charge in [-0.15, -0.1) is 0 Å². The highest BCUT2D eigenvalue weighted by Gasteiger charge is 2.09. The van der Waals surface area contributed by atoms with Crippen LogP contribution in [0.25, 0.3) is 6.08 Å². The Balaban J connectivity index is 2.10. The van der Waals surface area contributed by atoms with Gasteiger partial charge in [-0.3, -0.25) is 14.8 Å². The molecule has 0 saturated carbocycles. The van der Waals surface area contributed by atoms with Gasteiger partial charge >= 0.3 is 5.97 Å².